The first kappa shape index (κ1) is 64.8. The third-order valence-electron chi connectivity index (χ3n) is 13.4. The van der Waals surface area contributed by atoms with Crippen LogP contribution in [0.5, 0.6) is 0 Å². The molecule has 0 aromatic heterocycles. The average molecular weight is 1190 g/mol. The summed E-state index contributed by atoms with van der Waals surface area (Å²) in [5.41, 5.74) is -0.123. The van der Waals surface area contributed by atoms with E-state index in [2.05, 4.69) is 118 Å². The van der Waals surface area contributed by atoms with Gasteiger partial charge in [-0.05, 0) is 180 Å². The molecule has 4 rings (SSSR count). The standard InChI is InChI=1S/C25H54O8Si5.C18H38O7Si4.Y/c1-12-13-14-15-16-37(10,31-35(5,6)7)33-38(11,32-36(8,9)30-34(2,3)4)21-18-19-17-20(21)23(25(28)29)22(19)24(26)27;1-26(2,3)23-28(7,8)25-29(9,24-27(4,5)6)14-11-12-10-13(14)16(18(21)22)15(12)17(19)20;/h19-23H,12-18H2,1-11H3,(H,26,27)(H,28,29);12-16H,10-11H2,1-9H3,(H,19,20)(H,21,22);. The van der Waals surface area contributed by atoms with Gasteiger partial charge in [-0.25, -0.2) is 0 Å². The summed E-state index contributed by atoms with van der Waals surface area (Å²) in [4.78, 5) is 48.2. The molecule has 4 saturated carbocycles. The molecule has 68 heavy (non-hydrogen) atoms. The molecule has 4 N–H and O–H groups in total. The summed E-state index contributed by atoms with van der Waals surface area (Å²) in [5.74, 6) is -8.18. The molecule has 393 valence electrons. The topological polar surface area (TPSA) is 214 Å². The van der Waals surface area contributed by atoms with Crippen molar-refractivity contribution in [3.8, 4) is 0 Å². The van der Waals surface area contributed by atoms with Crippen molar-refractivity contribution < 1.29 is 101 Å². The van der Waals surface area contributed by atoms with Gasteiger partial charge < -0.3 is 49.2 Å². The van der Waals surface area contributed by atoms with Crippen LogP contribution in [-0.2, 0) is 80.7 Å². The van der Waals surface area contributed by atoms with Crippen LogP contribution in [0.1, 0.15) is 58.3 Å². The van der Waals surface area contributed by atoms with Gasteiger partial charge in [-0.1, -0.05) is 32.6 Å². The van der Waals surface area contributed by atoms with Crippen LogP contribution in [0, 0.1) is 47.3 Å². The molecule has 4 bridgehead atoms. The van der Waals surface area contributed by atoms with E-state index in [1.165, 1.54) is 6.42 Å². The minimum absolute atomic E-state index is 0. The third-order valence-corrected chi connectivity index (χ3v) is 46.3. The van der Waals surface area contributed by atoms with E-state index in [0.717, 1.165) is 25.3 Å². The summed E-state index contributed by atoms with van der Waals surface area (Å²) in [7, 11) is -21.4. The summed E-state index contributed by atoms with van der Waals surface area (Å²) in [5, 5.41) is 39.5. The Labute approximate surface area is 444 Å². The summed E-state index contributed by atoms with van der Waals surface area (Å²) >= 11 is 0. The number of hydrogen-bond acceptors (Lipinski definition) is 11. The van der Waals surface area contributed by atoms with Gasteiger partial charge in [0.25, 0.3) is 0 Å². The van der Waals surface area contributed by atoms with Crippen LogP contribution in [0.25, 0.3) is 0 Å². The predicted molar refractivity (Wildman–Crippen MR) is 284 cm³/mol. The van der Waals surface area contributed by atoms with Gasteiger partial charge in [0, 0.05) is 43.8 Å². The molecule has 1 radical (unpaired) electrons. The second kappa shape index (κ2) is 23.7. The Morgan fingerprint density at radius 2 is 0.735 bits per heavy atom. The fourth-order valence-corrected chi connectivity index (χ4v) is 56.5. The molecule has 4 fully saturated rings. The van der Waals surface area contributed by atoms with Crippen molar-refractivity contribution in [3.63, 3.8) is 0 Å². The first-order valence-electron chi connectivity index (χ1n) is 24.8. The number of rotatable bonds is 25. The number of fused-ring (bicyclic) bond motifs is 4. The summed E-state index contributed by atoms with van der Waals surface area (Å²) < 4.78 is 47.8. The van der Waals surface area contributed by atoms with Gasteiger partial charge >= 0.3 is 66.7 Å². The van der Waals surface area contributed by atoms with E-state index in [0.29, 0.717) is 25.7 Å². The molecule has 15 nitrogen and oxygen atoms in total. The van der Waals surface area contributed by atoms with Gasteiger partial charge in [-0.2, -0.15) is 0 Å². The minimum atomic E-state index is -3.10. The molecule has 13 unspecified atom stereocenters. The van der Waals surface area contributed by atoms with Gasteiger partial charge in [0.2, 0.25) is 0 Å². The second-order valence-electron chi connectivity index (χ2n) is 25.4. The third kappa shape index (κ3) is 18.2. The molecule has 0 amide bonds. The van der Waals surface area contributed by atoms with Crippen molar-refractivity contribution in [2.75, 3.05) is 0 Å². The van der Waals surface area contributed by atoms with Crippen LogP contribution < -0.4 is 0 Å². The molecule has 0 spiro atoms. The monoisotopic (exact) mass is 1190 g/mol. The minimum Gasteiger partial charge on any atom is -0.481 e. The van der Waals surface area contributed by atoms with Gasteiger partial charge in [0.1, 0.15) is 0 Å². The molecule has 4 aliphatic carbocycles. The van der Waals surface area contributed by atoms with Crippen molar-refractivity contribution in [1.29, 1.82) is 0 Å². The fourth-order valence-electron chi connectivity index (χ4n) is 12.8. The van der Waals surface area contributed by atoms with Gasteiger partial charge in [-0.3, -0.25) is 19.2 Å². The maximum Gasteiger partial charge on any atom is 0.320 e. The second-order valence-corrected chi connectivity index (χ2v) is 61.9. The summed E-state index contributed by atoms with van der Waals surface area (Å²) in [6.07, 6.45) is 7.05. The Morgan fingerprint density at radius 1 is 0.412 bits per heavy atom. The number of aliphatic carboxylic acids is 4. The summed E-state index contributed by atoms with van der Waals surface area (Å²) in [6, 6.07) is 0.876. The largest absolute Gasteiger partial charge is 0.481 e. The molecule has 4 aliphatic rings. The van der Waals surface area contributed by atoms with Crippen molar-refractivity contribution in [3.05, 3.63) is 0 Å². The van der Waals surface area contributed by atoms with Crippen LogP contribution in [0.2, 0.25) is 142 Å². The zero-order valence-electron chi connectivity index (χ0n) is 45.5. The quantitative estimate of drug-likeness (QED) is 0.0494. The van der Waals surface area contributed by atoms with Gasteiger partial charge in [0.15, 0.2) is 33.3 Å². The predicted octanol–water partition coefficient (Wildman–Crippen LogP) is 11.2. The maximum atomic E-state index is 12.4. The molecule has 0 aliphatic heterocycles. The molecule has 13 atom stereocenters. The van der Waals surface area contributed by atoms with Crippen molar-refractivity contribution in [2.24, 2.45) is 47.3 Å². The molecule has 0 aromatic rings. The molecule has 25 heteroatoms. The molecule has 0 saturated heterocycles. The van der Waals surface area contributed by atoms with E-state index < -0.39 is 124 Å². The smallest absolute Gasteiger partial charge is 0.320 e. The van der Waals surface area contributed by atoms with E-state index in [9.17, 15) is 39.6 Å². The Bertz CT molecular complexity index is 1760. The normalized spacial score (nSPS) is 30.1. The molecule has 0 heterocycles. The zero-order chi connectivity index (χ0) is 51.9. The Kier molecular flexibility index (Phi) is 22.6. The fraction of sp³-hybridized carbons (Fsp3) is 0.907. The maximum absolute atomic E-state index is 12.4. The number of carboxylic acid groups (broad SMARTS) is 4. The van der Waals surface area contributed by atoms with Crippen LogP contribution in [0.15, 0.2) is 0 Å². The van der Waals surface area contributed by atoms with E-state index in [1.54, 1.807) is 0 Å². The number of carboxylic acids is 4. The van der Waals surface area contributed by atoms with Crippen molar-refractivity contribution in [1.82, 2.24) is 0 Å². The Morgan fingerprint density at radius 3 is 1.03 bits per heavy atom. The van der Waals surface area contributed by atoms with Crippen molar-refractivity contribution >= 4 is 100.0 Å². The van der Waals surface area contributed by atoms with E-state index >= 15 is 0 Å². The van der Waals surface area contributed by atoms with Crippen LogP contribution in [-0.4, -0.2) is 120 Å². The Balaban J connectivity index is 0.000000476. The zero-order valence-corrected chi connectivity index (χ0v) is 57.3. The first-order chi connectivity index (χ1) is 30.0. The SMILES string of the molecule is CCCCCC[Si](C)(O[Si](C)(C)C)O[Si](C)(O[Si](C)(C)O[Si](C)(C)C)C1CC2CC1C(C(=O)O)C2C(=O)O.C[Si](C)(C)O[Si](C)(C)O[Si](C)(O[Si](C)(C)C)C1CC2CC1C(C(=O)O)C2C(=O)O.[Y]. The molecular weight excluding hydrogens is 1100 g/mol. The van der Waals surface area contributed by atoms with Crippen LogP contribution in [0.4, 0.5) is 0 Å². The van der Waals surface area contributed by atoms with Crippen molar-refractivity contribution in [2.45, 2.75) is 200 Å². The van der Waals surface area contributed by atoms with Crippen LogP contribution in [0.3, 0.4) is 0 Å². The van der Waals surface area contributed by atoms with Gasteiger partial charge in [0.05, 0.1) is 23.7 Å². The Hall–Kier alpha value is 0.656. The average Bonchev–Trinajstić information content (AvgIpc) is 3.85. The number of carbonyl (C=O) groups is 4. The first-order valence-corrected chi connectivity index (χ1v) is 51.4. The van der Waals surface area contributed by atoms with E-state index in [4.69, 9.17) is 28.8 Å². The van der Waals surface area contributed by atoms with Gasteiger partial charge in [-0.15, -0.1) is 0 Å². The van der Waals surface area contributed by atoms with Crippen LogP contribution >= 0.6 is 0 Å². The van der Waals surface area contributed by atoms with E-state index in [1.807, 2.05) is 13.1 Å². The summed E-state index contributed by atoms with van der Waals surface area (Å²) in [6.45, 7) is 42.6. The van der Waals surface area contributed by atoms with E-state index in [-0.39, 0.29) is 67.5 Å². The molecule has 0 aromatic carbocycles. The molecular formula is C43H92O15Si9Y. The number of unbranched alkanes of at least 4 members (excludes halogenated alkanes) is 3. The number of hydrogen-bond donors (Lipinski definition) is 4.